The van der Waals surface area contributed by atoms with Crippen LogP contribution in [-0.2, 0) is 4.79 Å². The van der Waals surface area contributed by atoms with Gasteiger partial charge in [-0.15, -0.1) is 0 Å². The van der Waals surface area contributed by atoms with Crippen molar-refractivity contribution in [1.82, 2.24) is 9.91 Å². The molecule has 0 atom stereocenters. The van der Waals surface area contributed by atoms with Crippen molar-refractivity contribution >= 4 is 17.8 Å². The summed E-state index contributed by atoms with van der Waals surface area (Å²) in [6, 6.07) is 7.21. The standard InChI is InChI=1S/C14H15N3O3/c1-2-3-8-17-12(18)9-16-13(15-17)10-6-4-5-7-11(10)20-14(16)19/h4-7H,2-3,8-9H2,1H3. The number of fused-ring (bicyclic) bond motifs is 3. The average molecular weight is 273 g/mol. The van der Waals surface area contributed by atoms with Crippen LogP contribution in [0.1, 0.15) is 25.3 Å². The van der Waals surface area contributed by atoms with Crippen LogP contribution in [0.3, 0.4) is 0 Å². The maximum absolute atomic E-state index is 12.0. The highest BCUT2D eigenvalue weighted by Crippen LogP contribution is 2.28. The molecule has 0 spiro atoms. The topological polar surface area (TPSA) is 62.2 Å². The molecule has 104 valence electrons. The third-order valence-electron chi connectivity index (χ3n) is 3.32. The lowest BCUT2D eigenvalue weighted by Crippen LogP contribution is -2.53. The van der Waals surface area contributed by atoms with E-state index in [0.29, 0.717) is 18.1 Å². The second-order valence-corrected chi connectivity index (χ2v) is 4.74. The molecule has 2 aliphatic rings. The molecular weight excluding hydrogens is 258 g/mol. The molecule has 3 rings (SSSR count). The highest BCUT2D eigenvalue weighted by Gasteiger charge is 2.37. The van der Waals surface area contributed by atoms with Crippen LogP contribution in [0.4, 0.5) is 4.79 Å². The van der Waals surface area contributed by atoms with E-state index in [1.165, 1.54) is 9.91 Å². The zero-order valence-corrected chi connectivity index (χ0v) is 11.2. The lowest BCUT2D eigenvalue weighted by atomic mass is 10.1. The van der Waals surface area contributed by atoms with Gasteiger partial charge in [-0.05, 0) is 18.6 Å². The molecule has 0 bridgehead atoms. The van der Waals surface area contributed by atoms with Crippen LogP contribution in [0.2, 0.25) is 0 Å². The molecule has 6 heteroatoms. The van der Waals surface area contributed by atoms with Crippen LogP contribution < -0.4 is 4.74 Å². The normalized spacial score (nSPS) is 17.4. The predicted molar refractivity (Wildman–Crippen MR) is 72.3 cm³/mol. The van der Waals surface area contributed by atoms with E-state index in [1.54, 1.807) is 12.1 Å². The smallest absolute Gasteiger partial charge is 0.409 e. The maximum Gasteiger partial charge on any atom is 0.421 e. The van der Waals surface area contributed by atoms with Crippen LogP contribution in [0.5, 0.6) is 5.75 Å². The number of rotatable bonds is 3. The molecule has 6 nitrogen and oxygen atoms in total. The largest absolute Gasteiger partial charge is 0.421 e. The zero-order valence-electron chi connectivity index (χ0n) is 11.2. The van der Waals surface area contributed by atoms with Gasteiger partial charge in [-0.1, -0.05) is 25.5 Å². The van der Waals surface area contributed by atoms with Crippen LogP contribution in [0, 0.1) is 0 Å². The van der Waals surface area contributed by atoms with Crippen molar-refractivity contribution in [1.29, 1.82) is 0 Å². The molecule has 0 fully saturated rings. The second kappa shape index (κ2) is 4.96. The van der Waals surface area contributed by atoms with Crippen molar-refractivity contribution in [3.8, 4) is 5.75 Å². The summed E-state index contributed by atoms with van der Waals surface area (Å²) in [6.07, 6.45) is 1.32. The van der Waals surface area contributed by atoms with Gasteiger partial charge in [-0.2, -0.15) is 5.10 Å². The summed E-state index contributed by atoms with van der Waals surface area (Å²) in [4.78, 5) is 25.2. The first-order valence-electron chi connectivity index (χ1n) is 6.68. The van der Waals surface area contributed by atoms with Gasteiger partial charge in [0.05, 0.1) is 5.56 Å². The number of hydrogen-bond donors (Lipinski definition) is 0. The third kappa shape index (κ3) is 2.03. The molecule has 0 saturated heterocycles. The maximum atomic E-state index is 12.0. The Labute approximate surface area is 116 Å². The number of amidine groups is 1. The summed E-state index contributed by atoms with van der Waals surface area (Å²) in [5.41, 5.74) is 0.737. The number of carbonyl (C=O) groups is 2. The van der Waals surface area contributed by atoms with Gasteiger partial charge < -0.3 is 4.74 Å². The molecule has 2 amide bonds. The SMILES string of the molecule is CCCCN1N=C2c3ccccc3OC(=O)N2CC1=O. The predicted octanol–water partition coefficient (Wildman–Crippen LogP) is 1.80. The van der Waals surface area contributed by atoms with Crippen molar-refractivity contribution in [3.05, 3.63) is 29.8 Å². The summed E-state index contributed by atoms with van der Waals surface area (Å²) in [5, 5.41) is 5.79. The monoisotopic (exact) mass is 273 g/mol. The molecular formula is C14H15N3O3. The molecule has 0 saturated carbocycles. The number of carbonyl (C=O) groups excluding carboxylic acids is 2. The summed E-state index contributed by atoms with van der Waals surface area (Å²) in [5.74, 6) is 0.795. The Bertz CT molecular complexity index is 597. The quantitative estimate of drug-likeness (QED) is 0.843. The third-order valence-corrected chi connectivity index (χ3v) is 3.32. The fourth-order valence-electron chi connectivity index (χ4n) is 2.24. The molecule has 1 aromatic rings. The summed E-state index contributed by atoms with van der Waals surface area (Å²) in [7, 11) is 0. The summed E-state index contributed by atoms with van der Waals surface area (Å²) in [6.45, 7) is 2.61. The average Bonchev–Trinajstić information content (AvgIpc) is 2.46. The fraction of sp³-hybridized carbons (Fsp3) is 0.357. The minimum atomic E-state index is -0.550. The van der Waals surface area contributed by atoms with E-state index in [4.69, 9.17) is 4.74 Å². The van der Waals surface area contributed by atoms with Gasteiger partial charge in [-0.25, -0.2) is 14.7 Å². The first kappa shape index (κ1) is 12.7. The fourth-order valence-corrected chi connectivity index (χ4v) is 2.24. The summed E-state index contributed by atoms with van der Waals surface area (Å²) >= 11 is 0. The highest BCUT2D eigenvalue weighted by atomic mass is 16.6. The van der Waals surface area contributed by atoms with Crippen LogP contribution in [0.25, 0.3) is 0 Å². The van der Waals surface area contributed by atoms with Gasteiger partial charge in [0, 0.05) is 6.54 Å². The minimum Gasteiger partial charge on any atom is -0.409 e. The Hall–Kier alpha value is -2.37. The van der Waals surface area contributed by atoms with E-state index in [1.807, 2.05) is 12.1 Å². The van der Waals surface area contributed by atoms with Crippen molar-refractivity contribution in [3.63, 3.8) is 0 Å². The second-order valence-electron chi connectivity index (χ2n) is 4.74. The molecule has 0 aliphatic carbocycles. The molecule has 20 heavy (non-hydrogen) atoms. The van der Waals surface area contributed by atoms with E-state index in [-0.39, 0.29) is 12.5 Å². The van der Waals surface area contributed by atoms with Gasteiger partial charge in [-0.3, -0.25) is 4.79 Å². The first-order valence-corrected chi connectivity index (χ1v) is 6.68. The van der Waals surface area contributed by atoms with E-state index in [0.717, 1.165) is 18.4 Å². The van der Waals surface area contributed by atoms with Gasteiger partial charge >= 0.3 is 6.09 Å². The van der Waals surface area contributed by atoms with Gasteiger partial charge in [0.15, 0.2) is 5.84 Å². The van der Waals surface area contributed by atoms with E-state index < -0.39 is 6.09 Å². The molecule has 0 radical (unpaired) electrons. The number of ether oxygens (including phenoxy) is 1. The van der Waals surface area contributed by atoms with Crippen molar-refractivity contribution < 1.29 is 14.3 Å². The lowest BCUT2D eigenvalue weighted by Gasteiger charge is -2.34. The number of hydrogen-bond acceptors (Lipinski definition) is 4. The van der Waals surface area contributed by atoms with E-state index >= 15 is 0 Å². The van der Waals surface area contributed by atoms with Gasteiger partial charge in [0.2, 0.25) is 0 Å². The molecule has 2 aliphatic heterocycles. The Balaban J connectivity index is 2.01. The molecule has 0 aromatic heterocycles. The number of para-hydroxylation sites is 1. The van der Waals surface area contributed by atoms with Crippen LogP contribution >= 0.6 is 0 Å². The highest BCUT2D eigenvalue weighted by molar-refractivity contribution is 6.14. The zero-order chi connectivity index (χ0) is 14.1. The van der Waals surface area contributed by atoms with E-state index in [9.17, 15) is 9.59 Å². The summed E-state index contributed by atoms with van der Waals surface area (Å²) < 4.78 is 5.20. The molecule has 2 heterocycles. The van der Waals surface area contributed by atoms with Gasteiger partial charge in [0.25, 0.3) is 5.91 Å². The Kier molecular flexibility index (Phi) is 3.14. The van der Waals surface area contributed by atoms with Crippen LogP contribution in [0.15, 0.2) is 29.4 Å². The number of nitrogens with zero attached hydrogens (tertiary/aromatic N) is 3. The van der Waals surface area contributed by atoms with Crippen molar-refractivity contribution in [2.24, 2.45) is 5.10 Å². The number of unbranched alkanes of at least 4 members (excludes halogenated alkanes) is 1. The molecule has 1 aromatic carbocycles. The Morgan fingerprint density at radius 3 is 2.90 bits per heavy atom. The number of amides is 2. The lowest BCUT2D eigenvalue weighted by molar-refractivity contribution is -0.132. The van der Waals surface area contributed by atoms with Gasteiger partial charge in [0.1, 0.15) is 12.3 Å². The number of benzene rings is 1. The van der Waals surface area contributed by atoms with Crippen molar-refractivity contribution in [2.45, 2.75) is 19.8 Å². The Morgan fingerprint density at radius 1 is 1.30 bits per heavy atom. The van der Waals surface area contributed by atoms with E-state index in [2.05, 4.69) is 12.0 Å². The van der Waals surface area contributed by atoms with Crippen molar-refractivity contribution in [2.75, 3.05) is 13.1 Å². The number of hydrazone groups is 1. The Morgan fingerprint density at radius 2 is 2.10 bits per heavy atom. The molecule has 0 unspecified atom stereocenters. The first-order chi connectivity index (χ1) is 9.70. The van der Waals surface area contributed by atoms with Crippen LogP contribution in [-0.4, -0.2) is 40.8 Å². The molecule has 0 N–H and O–H groups in total. The minimum absolute atomic E-state index is 0.0181.